The van der Waals surface area contributed by atoms with E-state index in [1.54, 1.807) is 0 Å². The highest BCUT2D eigenvalue weighted by atomic mass is 32.2. The summed E-state index contributed by atoms with van der Waals surface area (Å²) in [6, 6.07) is 0. The van der Waals surface area contributed by atoms with Gasteiger partial charge in [0.15, 0.2) is 5.12 Å². The van der Waals surface area contributed by atoms with Crippen molar-refractivity contribution in [3.63, 3.8) is 0 Å². The first kappa shape index (κ1) is 20.0. The average molecular weight is 328 g/mol. The van der Waals surface area contributed by atoms with E-state index in [9.17, 15) is 4.79 Å². The fourth-order valence-corrected chi connectivity index (χ4v) is 3.78. The molecule has 0 atom stereocenters. The first-order chi connectivity index (χ1) is 10.6. The van der Waals surface area contributed by atoms with Gasteiger partial charge in [-0.3, -0.25) is 4.79 Å². The Morgan fingerprint density at radius 2 is 1.55 bits per heavy atom. The molecule has 22 heavy (non-hydrogen) atoms. The fourth-order valence-electron chi connectivity index (χ4n) is 3.43. The molecule has 0 aromatic heterocycles. The van der Waals surface area contributed by atoms with E-state index in [4.69, 9.17) is 0 Å². The molecule has 130 valence electrons. The zero-order valence-electron chi connectivity index (χ0n) is 15.1. The van der Waals surface area contributed by atoms with Crippen LogP contribution in [0.5, 0.6) is 0 Å². The number of unbranched alkanes of at least 4 members (excludes halogenated alkanes) is 6. The molecule has 1 fully saturated rings. The minimum atomic E-state index is 0.348. The smallest absolute Gasteiger partial charge is 0.188 e. The maximum Gasteiger partial charge on any atom is 0.188 e. The monoisotopic (exact) mass is 327 g/mol. The Labute approximate surface area is 142 Å². The highest BCUT2D eigenvalue weighted by molar-refractivity contribution is 8.13. The second-order valence-corrected chi connectivity index (χ2v) is 8.09. The maximum atomic E-state index is 11.2. The summed E-state index contributed by atoms with van der Waals surface area (Å²) in [5.41, 5.74) is 0. The number of rotatable bonds is 11. The Hall–Kier alpha value is -0.0200. The molecule has 0 radical (unpaired) electrons. The van der Waals surface area contributed by atoms with Gasteiger partial charge in [-0.15, -0.1) is 0 Å². The number of carbonyl (C=O) groups is 1. The van der Waals surface area contributed by atoms with Crippen molar-refractivity contribution in [1.82, 2.24) is 4.90 Å². The third kappa shape index (κ3) is 9.19. The third-order valence-corrected chi connectivity index (χ3v) is 5.82. The molecule has 1 saturated heterocycles. The predicted molar refractivity (Wildman–Crippen MR) is 99.5 cm³/mol. The van der Waals surface area contributed by atoms with Gasteiger partial charge in [0.05, 0.1) is 0 Å². The van der Waals surface area contributed by atoms with Crippen LogP contribution in [-0.4, -0.2) is 35.9 Å². The van der Waals surface area contributed by atoms with Crippen molar-refractivity contribution in [1.29, 1.82) is 0 Å². The lowest BCUT2D eigenvalue weighted by Gasteiger charge is -2.33. The van der Waals surface area contributed by atoms with E-state index in [0.717, 1.165) is 24.7 Å². The second kappa shape index (κ2) is 12.4. The van der Waals surface area contributed by atoms with Crippen LogP contribution < -0.4 is 0 Å². The lowest BCUT2D eigenvalue weighted by molar-refractivity contribution is -0.111. The van der Waals surface area contributed by atoms with Gasteiger partial charge in [-0.2, -0.15) is 0 Å². The highest BCUT2D eigenvalue weighted by Crippen LogP contribution is 2.24. The first-order valence-electron chi connectivity index (χ1n) is 9.42. The molecule has 2 nitrogen and oxygen atoms in total. The van der Waals surface area contributed by atoms with Gasteiger partial charge in [0, 0.05) is 6.42 Å². The van der Waals surface area contributed by atoms with Gasteiger partial charge < -0.3 is 4.90 Å². The number of carbonyl (C=O) groups excluding carboxylic acids is 1. The number of hydrogen-bond donors (Lipinski definition) is 0. The van der Waals surface area contributed by atoms with Gasteiger partial charge in [-0.25, -0.2) is 0 Å². The van der Waals surface area contributed by atoms with E-state index < -0.39 is 0 Å². The molecule has 0 aromatic carbocycles. The summed E-state index contributed by atoms with van der Waals surface area (Å²) in [6.45, 7) is 8.71. The van der Waals surface area contributed by atoms with Crippen molar-refractivity contribution >= 4 is 16.9 Å². The SMILES string of the molecule is CSC(=O)CCCCCCCCCN1CCC(C(C)C)CC1. The van der Waals surface area contributed by atoms with Crippen molar-refractivity contribution < 1.29 is 4.79 Å². The Kier molecular flexibility index (Phi) is 11.3. The van der Waals surface area contributed by atoms with Crippen LogP contribution in [0.3, 0.4) is 0 Å². The quantitative estimate of drug-likeness (QED) is 0.476. The van der Waals surface area contributed by atoms with E-state index in [-0.39, 0.29) is 0 Å². The topological polar surface area (TPSA) is 20.3 Å². The molecule has 0 saturated carbocycles. The highest BCUT2D eigenvalue weighted by Gasteiger charge is 2.20. The standard InChI is InChI=1S/C19H37NOS/c1-17(2)18-12-15-20(16-13-18)14-10-8-6-4-5-7-9-11-19(21)22-3/h17-18H,4-16H2,1-3H3. The van der Waals surface area contributed by atoms with E-state index in [1.165, 1.54) is 82.8 Å². The number of thioether (sulfide) groups is 1. The normalized spacial score (nSPS) is 17.3. The van der Waals surface area contributed by atoms with Crippen molar-refractivity contribution in [2.45, 2.75) is 78.1 Å². The minimum absolute atomic E-state index is 0.348. The van der Waals surface area contributed by atoms with E-state index >= 15 is 0 Å². The third-order valence-electron chi connectivity index (χ3n) is 5.16. The molecule has 1 rings (SSSR count). The molecule has 0 aromatic rings. The Morgan fingerprint density at radius 1 is 1.00 bits per heavy atom. The van der Waals surface area contributed by atoms with Gasteiger partial charge in [-0.05, 0) is 63.4 Å². The molecule has 1 aliphatic heterocycles. The average Bonchev–Trinajstić information content (AvgIpc) is 2.53. The van der Waals surface area contributed by atoms with Crippen LogP contribution >= 0.6 is 11.8 Å². The lowest BCUT2D eigenvalue weighted by Crippen LogP contribution is -2.35. The van der Waals surface area contributed by atoms with Crippen LogP contribution in [0.15, 0.2) is 0 Å². The predicted octanol–water partition coefficient (Wildman–Crippen LogP) is 5.36. The number of likely N-dealkylation sites (tertiary alicyclic amines) is 1. The Bertz CT molecular complexity index is 285. The summed E-state index contributed by atoms with van der Waals surface area (Å²) >= 11 is 1.37. The van der Waals surface area contributed by atoms with Crippen molar-refractivity contribution in [3.8, 4) is 0 Å². The molecule has 0 N–H and O–H groups in total. The Morgan fingerprint density at radius 3 is 2.09 bits per heavy atom. The van der Waals surface area contributed by atoms with E-state index in [0.29, 0.717) is 5.12 Å². The van der Waals surface area contributed by atoms with Crippen LogP contribution in [0, 0.1) is 11.8 Å². The Balaban J connectivity index is 1.85. The van der Waals surface area contributed by atoms with Crippen LogP contribution in [0.2, 0.25) is 0 Å². The molecule has 1 heterocycles. The molecule has 3 heteroatoms. The van der Waals surface area contributed by atoms with Gasteiger partial charge in [0.25, 0.3) is 0 Å². The number of nitrogens with zero attached hydrogens (tertiary/aromatic N) is 1. The zero-order chi connectivity index (χ0) is 16.2. The van der Waals surface area contributed by atoms with Gasteiger partial charge in [0.2, 0.25) is 0 Å². The van der Waals surface area contributed by atoms with Gasteiger partial charge >= 0.3 is 0 Å². The lowest BCUT2D eigenvalue weighted by atomic mass is 9.87. The molecule has 0 unspecified atom stereocenters. The second-order valence-electron chi connectivity index (χ2n) is 7.22. The number of hydrogen-bond acceptors (Lipinski definition) is 3. The largest absolute Gasteiger partial charge is 0.303 e. The van der Waals surface area contributed by atoms with E-state index in [2.05, 4.69) is 18.7 Å². The molecule has 0 spiro atoms. The van der Waals surface area contributed by atoms with Crippen LogP contribution in [0.4, 0.5) is 0 Å². The molecule has 0 amide bonds. The summed E-state index contributed by atoms with van der Waals surface area (Å²) in [4.78, 5) is 13.8. The fraction of sp³-hybridized carbons (Fsp3) is 0.947. The molecule has 0 aliphatic carbocycles. The summed E-state index contributed by atoms with van der Waals surface area (Å²) in [7, 11) is 0. The van der Waals surface area contributed by atoms with Crippen LogP contribution in [0.25, 0.3) is 0 Å². The molecular weight excluding hydrogens is 290 g/mol. The summed E-state index contributed by atoms with van der Waals surface area (Å²) in [5.74, 6) is 1.84. The maximum absolute atomic E-state index is 11.2. The van der Waals surface area contributed by atoms with Crippen molar-refractivity contribution in [3.05, 3.63) is 0 Å². The van der Waals surface area contributed by atoms with Crippen molar-refractivity contribution in [2.24, 2.45) is 11.8 Å². The zero-order valence-corrected chi connectivity index (χ0v) is 15.9. The van der Waals surface area contributed by atoms with Crippen molar-refractivity contribution in [2.75, 3.05) is 25.9 Å². The molecular formula is C19H37NOS. The van der Waals surface area contributed by atoms with Gasteiger partial charge in [0.1, 0.15) is 0 Å². The van der Waals surface area contributed by atoms with Gasteiger partial charge in [-0.1, -0.05) is 57.7 Å². The molecule has 0 bridgehead atoms. The summed E-state index contributed by atoms with van der Waals surface area (Å²) in [5, 5.41) is 0.348. The minimum Gasteiger partial charge on any atom is -0.303 e. The van der Waals surface area contributed by atoms with Crippen LogP contribution in [-0.2, 0) is 4.79 Å². The first-order valence-corrected chi connectivity index (χ1v) is 10.6. The summed E-state index contributed by atoms with van der Waals surface area (Å²) in [6.07, 6.45) is 14.6. The summed E-state index contributed by atoms with van der Waals surface area (Å²) < 4.78 is 0. The number of piperidine rings is 1. The molecule has 1 aliphatic rings. The van der Waals surface area contributed by atoms with Crippen LogP contribution in [0.1, 0.15) is 78.1 Å². The van der Waals surface area contributed by atoms with E-state index in [1.807, 2.05) is 6.26 Å².